The van der Waals surface area contributed by atoms with Crippen LogP contribution in [-0.4, -0.2) is 47.8 Å². The lowest BCUT2D eigenvalue weighted by Gasteiger charge is -2.20. The number of nitrogens with one attached hydrogen (secondary N) is 2. The Hall–Kier alpha value is -1.34. The molecule has 2 N–H and O–H groups in total. The molecule has 0 aromatic rings. The maximum atomic E-state index is 11.7. The summed E-state index contributed by atoms with van der Waals surface area (Å²) in [5.41, 5.74) is 5.22. The molecule has 0 aromatic carbocycles. The number of hydrogen-bond acceptors (Lipinski definition) is 5. The molecule has 0 bridgehead atoms. The van der Waals surface area contributed by atoms with E-state index in [4.69, 9.17) is 4.74 Å². The smallest absolute Gasteiger partial charge is 0.407 e. The van der Waals surface area contributed by atoms with Crippen molar-refractivity contribution in [2.75, 3.05) is 13.7 Å². The van der Waals surface area contributed by atoms with Crippen LogP contribution in [0.1, 0.15) is 47.5 Å². The number of aldehydes is 1. The maximum Gasteiger partial charge on any atom is 0.407 e. The monoisotopic (exact) mass is 357 g/mol. The van der Waals surface area contributed by atoms with Gasteiger partial charge in [0.15, 0.2) is 0 Å². The van der Waals surface area contributed by atoms with Crippen molar-refractivity contribution in [2.45, 2.75) is 58.8 Å². The van der Waals surface area contributed by atoms with Crippen LogP contribution in [0.3, 0.4) is 0 Å². The number of nitrogens with zero attached hydrogens (tertiary/aromatic N) is 1. The van der Waals surface area contributed by atoms with Crippen LogP contribution >= 0.6 is 10.5 Å². The SMILES string of the molecule is CC(C)S1=CNN(C)C1=CCCC(C=O)NC(=O)OCC(C)(C)C. The Bertz CT molecular complexity index is 510. The van der Waals surface area contributed by atoms with Crippen molar-refractivity contribution in [3.05, 3.63) is 11.1 Å². The van der Waals surface area contributed by atoms with Gasteiger partial charge in [-0.15, -0.1) is 10.5 Å². The molecule has 0 radical (unpaired) electrons. The summed E-state index contributed by atoms with van der Waals surface area (Å²) in [5, 5.41) is 6.38. The Kier molecular flexibility index (Phi) is 7.96. The molecule has 0 spiro atoms. The highest BCUT2D eigenvalue weighted by molar-refractivity contribution is 8.18. The number of ether oxygens (including phenoxy) is 1. The Morgan fingerprint density at radius 2 is 2.12 bits per heavy atom. The second-order valence-electron chi connectivity index (χ2n) is 7.37. The van der Waals surface area contributed by atoms with Crippen molar-refractivity contribution in [3.63, 3.8) is 0 Å². The summed E-state index contributed by atoms with van der Waals surface area (Å²) in [6.45, 7) is 10.7. The van der Waals surface area contributed by atoms with Crippen LogP contribution in [0.25, 0.3) is 0 Å². The molecule has 1 heterocycles. The summed E-state index contributed by atoms with van der Waals surface area (Å²) in [6, 6.07) is -0.529. The largest absolute Gasteiger partial charge is 0.449 e. The number of hydrogen-bond donors (Lipinski definition) is 2. The van der Waals surface area contributed by atoms with Crippen molar-refractivity contribution >= 4 is 28.4 Å². The van der Waals surface area contributed by atoms with Crippen LogP contribution < -0.4 is 10.7 Å². The number of carbonyl (C=O) groups excluding carboxylic acids is 2. The van der Waals surface area contributed by atoms with Crippen molar-refractivity contribution in [2.24, 2.45) is 5.41 Å². The average Bonchev–Trinajstić information content (AvgIpc) is 2.85. The van der Waals surface area contributed by atoms with Gasteiger partial charge in [-0.05, 0) is 18.3 Å². The normalized spacial score (nSPS) is 20.9. The number of alkyl carbamates (subject to hydrolysis) is 1. The van der Waals surface area contributed by atoms with E-state index >= 15 is 0 Å². The van der Waals surface area contributed by atoms with Crippen molar-refractivity contribution < 1.29 is 14.3 Å². The molecule has 0 saturated carbocycles. The molecule has 24 heavy (non-hydrogen) atoms. The van der Waals surface area contributed by atoms with E-state index < -0.39 is 12.1 Å². The van der Waals surface area contributed by atoms with E-state index in [9.17, 15) is 9.59 Å². The summed E-state index contributed by atoms with van der Waals surface area (Å²) in [6.07, 6.45) is 3.64. The predicted molar refractivity (Wildman–Crippen MR) is 101 cm³/mol. The lowest BCUT2D eigenvalue weighted by atomic mass is 9.99. The summed E-state index contributed by atoms with van der Waals surface area (Å²) < 4.78 is 5.14. The first-order chi connectivity index (χ1) is 11.1. The van der Waals surface area contributed by atoms with Crippen LogP contribution in [-0.2, 0) is 9.53 Å². The summed E-state index contributed by atoms with van der Waals surface area (Å²) in [5.74, 6) is 0. The van der Waals surface area contributed by atoms with Crippen LogP contribution in [0.4, 0.5) is 4.79 Å². The molecule has 1 amide bonds. The molecule has 6 nitrogen and oxygen atoms in total. The second-order valence-corrected chi connectivity index (χ2v) is 9.71. The van der Waals surface area contributed by atoms with Crippen molar-refractivity contribution in [1.29, 1.82) is 0 Å². The van der Waals surface area contributed by atoms with Crippen molar-refractivity contribution in [1.82, 2.24) is 15.8 Å². The van der Waals surface area contributed by atoms with Gasteiger partial charge in [0.1, 0.15) is 6.29 Å². The van der Waals surface area contributed by atoms with E-state index in [0.717, 1.165) is 6.29 Å². The van der Waals surface area contributed by atoms with E-state index in [-0.39, 0.29) is 15.9 Å². The van der Waals surface area contributed by atoms with Gasteiger partial charge in [-0.1, -0.05) is 40.7 Å². The highest BCUT2D eigenvalue weighted by Gasteiger charge is 2.19. The average molecular weight is 358 g/mol. The highest BCUT2D eigenvalue weighted by atomic mass is 32.2. The number of carbonyl (C=O) groups is 2. The molecule has 0 saturated heterocycles. The van der Waals surface area contributed by atoms with E-state index in [0.29, 0.717) is 24.7 Å². The quantitative estimate of drug-likeness (QED) is 0.541. The zero-order chi connectivity index (χ0) is 18.3. The van der Waals surface area contributed by atoms with E-state index in [1.807, 2.05) is 32.8 Å². The first-order valence-electron chi connectivity index (χ1n) is 8.28. The minimum absolute atomic E-state index is 0.0632. The standard InChI is InChI=1S/C17H31N3O3S/c1-13(2)24-12-18-20(6)15(24)9-7-8-14(10-21)19-16(22)23-11-17(3,4)5/h9-10,12-14,18H,7-8,11H2,1-6H3,(H,19,22). The molecule has 1 aliphatic heterocycles. The molecule has 138 valence electrons. The Morgan fingerprint density at radius 1 is 1.46 bits per heavy atom. The minimum atomic E-state index is -0.537. The van der Waals surface area contributed by atoms with Gasteiger partial charge in [0.2, 0.25) is 0 Å². The van der Waals surface area contributed by atoms with Crippen LogP contribution in [0, 0.1) is 5.41 Å². The van der Waals surface area contributed by atoms with E-state index in [2.05, 4.69) is 36.2 Å². The number of rotatable bonds is 7. The summed E-state index contributed by atoms with van der Waals surface area (Å²) >= 11 is 0. The zero-order valence-corrected chi connectivity index (χ0v) is 16.4. The first kappa shape index (κ1) is 20.7. The lowest BCUT2D eigenvalue weighted by Crippen LogP contribution is -2.37. The molecule has 7 heteroatoms. The van der Waals surface area contributed by atoms with Gasteiger partial charge < -0.3 is 19.9 Å². The van der Waals surface area contributed by atoms with Gasteiger partial charge in [-0.25, -0.2) is 10.2 Å². The van der Waals surface area contributed by atoms with Crippen LogP contribution in [0.5, 0.6) is 0 Å². The third-order valence-electron chi connectivity index (χ3n) is 3.35. The van der Waals surface area contributed by atoms with Gasteiger partial charge in [0.25, 0.3) is 0 Å². The predicted octanol–water partition coefficient (Wildman–Crippen LogP) is 2.83. The molecule has 1 aliphatic rings. The van der Waals surface area contributed by atoms with Gasteiger partial charge in [-0.2, -0.15) is 0 Å². The summed E-state index contributed by atoms with van der Waals surface area (Å²) in [4.78, 5) is 22.9. The van der Waals surface area contributed by atoms with Gasteiger partial charge in [0.05, 0.1) is 17.7 Å². The Balaban J connectivity index is 2.49. The fraction of sp³-hybridized carbons (Fsp3) is 0.706. The number of allylic oxidation sites excluding steroid dienone is 1. The lowest BCUT2D eigenvalue weighted by molar-refractivity contribution is -0.109. The Morgan fingerprint density at radius 3 is 2.67 bits per heavy atom. The fourth-order valence-electron chi connectivity index (χ4n) is 2.06. The molecule has 2 unspecified atom stereocenters. The van der Waals surface area contributed by atoms with Gasteiger partial charge in [0, 0.05) is 17.8 Å². The van der Waals surface area contributed by atoms with Gasteiger partial charge in [-0.3, -0.25) is 0 Å². The summed E-state index contributed by atoms with van der Waals surface area (Å²) in [7, 11) is 2.05. The topological polar surface area (TPSA) is 70.7 Å². The molecule has 0 aromatic heterocycles. The molecule has 0 aliphatic carbocycles. The van der Waals surface area contributed by atoms with E-state index in [1.165, 1.54) is 5.03 Å². The molecular formula is C17H31N3O3S. The fourth-order valence-corrected chi connectivity index (χ4v) is 3.89. The number of hydrazine groups is 1. The minimum Gasteiger partial charge on any atom is -0.449 e. The Labute approximate surface area is 147 Å². The molecule has 2 atom stereocenters. The van der Waals surface area contributed by atoms with E-state index in [1.54, 1.807) is 0 Å². The second kappa shape index (κ2) is 9.22. The first-order valence-corrected chi connectivity index (χ1v) is 9.63. The third-order valence-corrected chi connectivity index (χ3v) is 5.65. The third kappa shape index (κ3) is 7.05. The van der Waals surface area contributed by atoms with Crippen LogP contribution in [0.15, 0.2) is 11.1 Å². The van der Waals surface area contributed by atoms with Gasteiger partial charge >= 0.3 is 6.09 Å². The van der Waals surface area contributed by atoms with Crippen LogP contribution in [0.2, 0.25) is 0 Å². The highest BCUT2D eigenvalue weighted by Crippen LogP contribution is 2.34. The van der Waals surface area contributed by atoms with Crippen molar-refractivity contribution in [3.8, 4) is 0 Å². The molecule has 1 rings (SSSR count). The maximum absolute atomic E-state index is 11.7. The number of amides is 1. The molecular weight excluding hydrogens is 326 g/mol. The zero-order valence-electron chi connectivity index (χ0n) is 15.6. The molecule has 0 fully saturated rings.